The van der Waals surface area contributed by atoms with Crippen molar-refractivity contribution < 1.29 is 9.84 Å². The van der Waals surface area contributed by atoms with Crippen LogP contribution in [0.5, 0.6) is 5.88 Å². The number of rotatable bonds is 8. The second kappa shape index (κ2) is 9.99. The second-order valence-corrected chi connectivity index (χ2v) is 6.31. The van der Waals surface area contributed by atoms with Crippen molar-refractivity contribution in [3.05, 3.63) is 59.2 Å². The van der Waals surface area contributed by atoms with Crippen molar-refractivity contribution in [3.63, 3.8) is 0 Å². The van der Waals surface area contributed by atoms with E-state index >= 15 is 0 Å². The minimum Gasteiger partial charge on any atom is -0.475 e. The zero-order valence-corrected chi connectivity index (χ0v) is 15.8. The van der Waals surface area contributed by atoms with Gasteiger partial charge in [-0.1, -0.05) is 41.9 Å². The van der Waals surface area contributed by atoms with Gasteiger partial charge in [-0.05, 0) is 31.5 Å². The lowest BCUT2D eigenvalue weighted by molar-refractivity contribution is 0.0672. The normalized spacial score (nSPS) is 13.8. The molecule has 1 atom stereocenters. The van der Waals surface area contributed by atoms with Crippen LogP contribution in [-0.2, 0) is 5.60 Å². The Balaban J connectivity index is 1.87. The number of nitrogens with zero attached hydrogens (tertiary/aromatic N) is 2. The number of pyridine rings is 1. The van der Waals surface area contributed by atoms with Crippen LogP contribution < -0.4 is 15.4 Å². The first kappa shape index (κ1) is 20.0. The van der Waals surface area contributed by atoms with E-state index in [0.29, 0.717) is 36.6 Å². The highest BCUT2D eigenvalue weighted by molar-refractivity contribution is 6.31. The van der Waals surface area contributed by atoms with Gasteiger partial charge in [-0.25, -0.2) is 9.98 Å². The molecule has 6 nitrogen and oxygen atoms in total. The number of aromatic nitrogens is 1. The first-order chi connectivity index (χ1) is 12.5. The quantitative estimate of drug-likeness (QED) is 0.375. The molecule has 0 saturated heterocycles. The van der Waals surface area contributed by atoms with Crippen LogP contribution in [0.4, 0.5) is 0 Å². The Kier molecular flexibility index (Phi) is 7.69. The largest absolute Gasteiger partial charge is 0.475 e. The van der Waals surface area contributed by atoms with Crippen molar-refractivity contribution in [3.8, 4) is 5.88 Å². The van der Waals surface area contributed by atoms with Crippen molar-refractivity contribution in [1.82, 2.24) is 15.6 Å². The molecule has 0 bridgehead atoms. The molecule has 1 heterocycles. The molecule has 7 heteroatoms. The molecular weight excluding hydrogens is 352 g/mol. The lowest BCUT2D eigenvalue weighted by Crippen LogP contribution is -2.40. The van der Waals surface area contributed by atoms with Crippen LogP contribution in [0.1, 0.15) is 19.4 Å². The lowest BCUT2D eigenvalue weighted by atomic mass is 9.96. The zero-order valence-electron chi connectivity index (χ0n) is 15.1. The molecule has 0 radical (unpaired) electrons. The molecule has 0 aliphatic carbocycles. The van der Waals surface area contributed by atoms with E-state index < -0.39 is 5.60 Å². The molecular formula is C19H25ClN4O2. The van der Waals surface area contributed by atoms with Crippen molar-refractivity contribution in [2.45, 2.75) is 19.4 Å². The molecule has 0 aliphatic heterocycles. The van der Waals surface area contributed by atoms with E-state index in [1.165, 1.54) is 0 Å². The summed E-state index contributed by atoms with van der Waals surface area (Å²) in [7, 11) is 0. The van der Waals surface area contributed by atoms with E-state index in [9.17, 15) is 5.11 Å². The molecule has 0 saturated carbocycles. The number of benzene rings is 1. The topological polar surface area (TPSA) is 78.8 Å². The highest BCUT2D eigenvalue weighted by atomic mass is 35.5. The molecule has 3 N–H and O–H groups in total. The lowest BCUT2D eigenvalue weighted by Gasteiger charge is -2.22. The van der Waals surface area contributed by atoms with Gasteiger partial charge in [-0.3, -0.25) is 0 Å². The summed E-state index contributed by atoms with van der Waals surface area (Å²) in [6.45, 7) is 5.59. The van der Waals surface area contributed by atoms with Crippen molar-refractivity contribution in [2.24, 2.45) is 4.99 Å². The average Bonchev–Trinajstić information content (AvgIpc) is 2.65. The van der Waals surface area contributed by atoms with E-state index in [2.05, 4.69) is 20.6 Å². The highest BCUT2D eigenvalue weighted by Gasteiger charge is 2.22. The van der Waals surface area contributed by atoms with Gasteiger partial charge in [0.15, 0.2) is 5.96 Å². The summed E-state index contributed by atoms with van der Waals surface area (Å²) in [6, 6.07) is 13.0. The molecule has 26 heavy (non-hydrogen) atoms. The summed E-state index contributed by atoms with van der Waals surface area (Å²) >= 11 is 6.00. The number of ether oxygens (including phenoxy) is 1. The van der Waals surface area contributed by atoms with Gasteiger partial charge in [0.2, 0.25) is 5.88 Å². The van der Waals surface area contributed by atoms with Crippen LogP contribution in [-0.4, -0.2) is 42.3 Å². The van der Waals surface area contributed by atoms with Crippen molar-refractivity contribution >= 4 is 17.6 Å². The summed E-state index contributed by atoms with van der Waals surface area (Å²) < 4.78 is 5.54. The Bertz CT molecular complexity index is 708. The van der Waals surface area contributed by atoms with Gasteiger partial charge in [0.25, 0.3) is 0 Å². The first-order valence-corrected chi connectivity index (χ1v) is 8.94. The molecule has 0 spiro atoms. The Morgan fingerprint density at radius 2 is 2.00 bits per heavy atom. The average molecular weight is 377 g/mol. The Hall–Kier alpha value is -2.31. The fourth-order valence-corrected chi connectivity index (χ4v) is 2.43. The summed E-state index contributed by atoms with van der Waals surface area (Å²) in [5.41, 5.74) is -0.213. The molecule has 2 aromatic rings. The number of hydrogen-bond donors (Lipinski definition) is 3. The van der Waals surface area contributed by atoms with Gasteiger partial charge in [-0.15, -0.1) is 0 Å². The zero-order chi connectivity index (χ0) is 18.8. The second-order valence-electron chi connectivity index (χ2n) is 5.90. The Morgan fingerprint density at radius 3 is 2.69 bits per heavy atom. The smallest absolute Gasteiger partial charge is 0.232 e. The molecule has 1 unspecified atom stereocenters. The molecule has 2 rings (SSSR count). The molecule has 140 valence electrons. The third-order valence-corrected chi connectivity index (χ3v) is 3.93. The predicted octanol–water partition coefficient (Wildman–Crippen LogP) is 2.58. The van der Waals surface area contributed by atoms with Gasteiger partial charge in [0, 0.05) is 12.7 Å². The Labute approximate surface area is 159 Å². The van der Waals surface area contributed by atoms with Gasteiger partial charge >= 0.3 is 0 Å². The van der Waals surface area contributed by atoms with E-state index in [4.69, 9.17) is 16.3 Å². The number of aliphatic hydroxyl groups is 1. The van der Waals surface area contributed by atoms with Gasteiger partial charge < -0.3 is 20.5 Å². The van der Waals surface area contributed by atoms with Crippen LogP contribution in [0.2, 0.25) is 5.02 Å². The van der Waals surface area contributed by atoms with Crippen LogP contribution >= 0.6 is 11.6 Å². The summed E-state index contributed by atoms with van der Waals surface area (Å²) in [4.78, 5) is 8.54. The predicted molar refractivity (Wildman–Crippen MR) is 105 cm³/mol. The SMILES string of the molecule is CCNC(=NCC(C)(O)c1ccccc1)NCCOc1ncccc1Cl. The number of halogens is 1. The maximum Gasteiger partial charge on any atom is 0.232 e. The molecule has 1 aromatic carbocycles. The van der Waals surface area contributed by atoms with Crippen molar-refractivity contribution in [2.75, 3.05) is 26.2 Å². The number of guanidine groups is 1. The number of aliphatic imine (C=N–C) groups is 1. The monoisotopic (exact) mass is 376 g/mol. The van der Waals surface area contributed by atoms with Gasteiger partial charge in [0.05, 0.1) is 13.1 Å². The highest BCUT2D eigenvalue weighted by Crippen LogP contribution is 2.20. The summed E-state index contributed by atoms with van der Waals surface area (Å²) in [5.74, 6) is 1.02. The van der Waals surface area contributed by atoms with Crippen LogP contribution in [0, 0.1) is 0 Å². The fourth-order valence-electron chi connectivity index (χ4n) is 2.26. The number of hydrogen-bond acceptors (Lipinski definition) is 4. The fraction of sp³-hybridized carbons (Fsp3) is 0.368. The number of nitrogens with one attached hydrogen (secondary N) is 2. The minimum absolute atomic E-state index is 0.235. The van der Waals surface area contributed by atoms with Gasteiger partial charge in [-0.2, -0.15) is 0 Å². The third-order valence-electron chi connectivity index (χ3n) is 3.64. The standard InChI is InChI=1S/C19H25ClN4O2/c1-3-21-18(23-12-13-26-17-16(20)10-7-11-22-17)24-14-19(2,25)15-8-5-4-6-9-15/h4-11,25H,3,12-14H2,1-2H3,(H2,21,23,24). The van der Waals surface area contributed by atoms with E-state index in [1.54, 1.807) is 25.3 Å². The molecule has 0 fully saturated rings. The van der Waals surface area contributed by atoms with E-state index in [-0.39, 0.29) is 6.54 Å². The summed E-state index contributed by atoms with van der Waals surface area (Å²) in [5, 5.41) is 17.4. The third kappa shape index (κ3) is 6.20. The Morgan fingerprint density at radius 1 is 1.23 bits per heavy atom. The van der Waals surface area contributed by atoms with E-state index in [0.717, 1.165) is 5.56 Å². The molecule has 0 amide bonds. The molecule has 0 aliphatic rings. The van der Waals surface area contributed by atoms with Crippen LogP contribution in [0.15, 0.2) is 53.7 Å². The maximum absolute atomic E-state index is 10.6. The van der Waals surface area contributed by atoms with Gasteiger partial charge in [0.1, 0.15) is 17.2 Å². The summed E-state index contributed by atoms with van der Waals surface area (Å²) in [6.07, 6.45) is 1.63. The van der Waals surface area contributed by atoms with Crippen LogP contribution in [0.3, 0.4) is 0 Å². The van der Waals surface area contributed by atoms with Crippen molar-refractivity contribution in [1.29, 1.82) is 0 Å². The maximum atomic E-state index is 10.6. The van der Waals surface area contributed by atoms with E-state index in [1.807, 2.05) is 37.3 Å². The minimum atomic E-state index is -1.04. The molecule has 1 aromatic heterocycles. The van der Waals surface area contributed by atoms with Crippen LogP contribution in [0.25, 0.3) is 0 Å². The first-order valence-electron chi connectivity index (χ1n) is 8.56.